The van der Waals surface area contributed by atoms with Crippen molar-refractivity contribution in [3.8, 4) is 12.3 Å². The zero-order chi connectivity index (χ0) is 8.10. The summed E-state index contributed by atoms with van der Waals surface area (Å²) < 4.78 is 0. The molecule has 0 aliphatic rings. The fourth-order valence-corrected chi connectivity index (χ4v) is 1.78. The van der Waals surface area contributed by atoms with E-state index in [1.54, 1.807) is 11.3 Å². The molecule has 0 N–H and O–H groups in total. The summed E-state index contributed by atoms with van der Waals surface area (Å²) in [4.78, 5) is 1.11. The molecule has 0 aliphatic heterocycles. The van der Waals surface area contributed by atoms with Crippen molar-refractivity contribution in [3.05, 3.63) is 21.9 Å². The van der Waals surface area contributed by atoms with Gasteiger partial charge in [-0.15, -0.1) is 17.8 Å². The topological polar surface area (TPSA) is 0 Å². The van der Waals surface area contributed by atoms with Gasteiger partial charge in [0.1, 0.15) is 0 Å². The van der Waals surface area contributed by atoms with Crippen LogP contribution in [0.1, 0.15) is 30.2 Å². The average molecular weight is 164 g/mol. The standard InChI is InChI=1S/C10H12S/c1-3-5-6-9-7-8-11-10(9)4-2/h2,7-8H,3,5-6H2,1H3. The van der Waals surface area contributed by atoms with Crippen LogP contribution in [-0.2, 0) is 6.42 Å². The molecule has 0 radical (unpaired) electrons. The first-order chi connectivity index (χ1) is 5.38. The first kappa shape index (κ1) is 8.36. The molecule has 0 unspecified atom stereocenters. The van der Waals surface area contributed by atoms with Gasteiger partial charge in [0.2, 0.25) is 0 Å². The minimum atomic E-state index is 1.11. The van der Waals surface area contributed by atoms with Gasteiger partial charge in [0, 0.05) is 0 Å². The normalized spacial score (nSPS) is 9.45. The number of hydrogen-bond acceptors (Lipinski definition) is 1. The van der Waals surface area contributed by atoms with Gasteiger partial charge in [0.25, 0.3) is 0 Å². The van der Waals surface area contributed by atoms with Crippen LogP contribution in [-0.4, -0.2) is 0 Å². The summed E-state index contributed by atoms with van der Waals surface area (Å²) in [5, 5.41) is 2.07. The SMILES string of the molecule is C#Cc1sccc1CCCC. The van der Waals surface area contributed by atoms with Crippen molar-refractivity contribution in [2.75, 3.05) is 0 Å². The molecular weight excluding hydrogens is 152 g/mol. The molecule has 0 saturated carbocycles. The molecule has 58 valence electrons. The van der Waals surface area contributed by atoms with Gasteiger partial charge in [-0.3, -0.25) is 0 Å². The van der Waals surface area contributed by atoms with Gasteiger partial charge in [-0.2, -0.15) is 0 Å². The second kappa shape index (κ2) is 4.20. The molecule has 0 aromatic carbocycles. The molecule has 1 aromatic rings. The molecule has 1 aromatic heterocycles. The molecule has 0 spiro atoms. The summed E-state index contributed by atoms with van der Waals surface area (Å²) in [6, 6.07) is 2.13. The van der Waals surface area contributed by atoms with Crippen LogP contribution in [0.25, 0.3) is 0 Å². The van der Waals surface area contributed by atoms with Gasteiger partial charge in [-0.05, 0) is 29.9 Å². The molecule has 0 atom stereocenters. The predicted octanol–water partition coefficient (Wildman–Crippen LogP) is 3.07. The van der Waals surface area contributed by atoms with E-state index in [4.69, 9.17) is 6.42 Å². The largest absolute Gasteiger partial charge is 0.135 e. The molecule has 0 nitrogen and oxygen atoms in total. The lowest BCUT2D eigenvalue weighted by molar-refractivity contribution is 0.796. The summed E-state index contributed by atoms with van der Waals surface area (Å²) in [6.07, 6.45) is 8.94. The number of rotatable bonds is 3. The van der Waals surface area contributed by atoms with Crippen molar-refractivity contribution in [2.24, 2.45) is 0 Å². The highest BCUT2D eigenvalue weighted by Crippen LogP contribution is 2.17. The molecule has 0 fully saturated rings. The van der Waals surface area contributed by atoms with Gasteiger partial charge < -0.3 is 0 Å². The third-order valence-electron chi connectivity index (χ3n) is 1.68. The van der Waals surface area contributed by atoms with E-state index in [9.17, 15) is 0 Å². The van der Waals surface area contributed by atoms with E-state index in [0.717, 1.165) is 11.3 Å². The van der Waals surface area contributed by atoms with E-state index in [1.807, 2.05) is 0 Å². The minimum absolute atomic E-state index is 1.11. The van der Waals surface area contributed by atoms with Gasteiger partial charge in [-0.1, -0.05) is 19.3 Å². The molecule has 0 saturated heterocycles. The third-order valence-corrected chi connectivity index (χ3v) is 2.57. The molecule has 1 rings (SSSR count). The monoisotopic (exact) mass is 164 g/mol. The average Bonchev–Trinajstić information content (AvgIpc) is 2.47. The zero-order valence-electron chi connectivity index (χ0n) is 6.76. The lowest BCUT2D eigenvalue weighted by Crippen LogP contribution is -1.83. The van der Waals surface area contributed by atoms with Gasteiger partial charge >= 0.3 is 0 Å². The zero-order valence-corrected chi connectivity index (χ0v) is 7.58. The molecule has 1 heteroatoms. The predicted molar refractivity (Wildman–Crippen MR) is 50.9 cm³/mol. The Morgan fingerprint density at radius 2 is 2.45 bits per heavy atom. The maximum atomic E-state index is 5.33. The fraction of sp³-hybridized carbons (Fsp3) is 0.400. The third kappa shape index (κ3) is 2.10. The summed E-state index contributed by atoms with van der Waals surface area (Å²) in [6.45, 7) is 2.20. The van der Waals surface area contributed by atoms with E-state index in [-0.39, 0.29) is 0 Å². The maximum Gasteiger partial charge on any atom is 0.0797 e. The highest BCUT2D eigenvalue weighted by Gasteiger charge is 1.99. The second-order valence-electron chi connectivity index (χ2n) is 2.52. The van der Waals surface area contributed by atoms with Crippen LogP contribution in [0.15, 0.2) is 11.4 Å². The van der Waals surface area contributed by atoms with Crippen LogP contribution >= 0.6 is 11.3 Å². The molecule has 0 amide bonds. The van der Waals surface area contributed by atoms with Crippen LogP contribution in [0, 0.1) is 12.3 Å². The van der Waals surface area contributed by atoms with Crippen molar-refractivity contribution >= 4 is 11.3 Å². The lowest BCUT2D eigenvalue weighted by Gasteiger charge is -1.94. The second-order valence-corrected chi connectivity index (χ2v) is 3.44. The van der Waals surface area contributed by atoms with Gasteiger partial charge in [-0.25, -0.2) is 0 Å². The Balaban J connectivity index is 2.63. The smallest absolute Gasteiger partial charge is 0.0797 e. The first-order valence-corrected chi connectivity index (χ1v) is 4.79. The lowest BCUT2D eigenvalue weighted by atomic mass is 10.1. The number of aryl methyl sites for hydroxylation is 1. The Labute approximate surface area is 72.3 Å². The van der Waals surface area contributed by atoms with E-state index < -0.39 is 0 Å². The highest BCUT2D eigenvalue weighted by atomic mass is 32.1. The number of unbranched alkanes of at least 4 members (excludes halogenated alkanes) is 1. The van der Waals surface area contributed by atoms with Crippen molar-refractivity contribution in [1.82, 2.24) is 0 Å². The molecule has 0 bridgehead atoms. The summed E-state index contributed by atoms with van der Waals surface area (Å²) in [5.41, 5.74) is 1.35. The van der Waals surface area contributed by atoms with Crippen molar-refractivity contribution < 1.29 is 0 Å². The Morgan fingerprint density at radius 1 is 1.64 bits per heavy atom. The Bertz CT molecular complexity index is 252. The summed E-state index contributed by atoms with van der Waals surface area (Å²) in [7, 11) is 0. The van der Waals surface area contributed by atoms with Crippen LogP contribution in [0.3, 0.4) is 0 Å². The van der Waals surface area contributed by atoms with Gasteiger partial charge in [0.05, 0.1) is 4.88 Å². The molecule has 1 heterocycles. The maximum absolute atomic E-state index is 5.33. The molecule has 0 aliphatic carbocycles. The van der Waals surface area contributed by atoms with Crippen LogP contribution in [0.5, 0.6) is 0 Å². The number of terminal acetylenes is 1. The Hall–Kier alpha value is -0.740. The van der Waals surface area contributed by atoms with Crippen LogP contribution < -0.4 is 0 Å². The summed E-state index contributed by atoms with van der Waals surface area (Å²) in [5.74, 6) is 2.70. The first-order valence-electron chi connectivity index (χ1n) is 3.91. The van der Waals surface area contributed by atoms with Crippen molar-refractivity contribution in [2.45, 2.75) is 26.2 Å². The van der Waals surface area contributed by atoms with Crippen LogP contribution in [0.2, 0.25) is 0 Å². The number of hydrogen-bond donors (Lipinski definition) is 0. The Morgan fingerprint density at radius 3 is 3.09 bits per heavy atom. The van der Waals surface area contributed by atoms with Crippen molar-refractivity contribution in [3.63, 3.8) is 0 Å². The number of thiophene rings is 1. The van der Waals surface area contributed by atoms with Gasteiger partial charge in [0.15, 0.2) is 0 Å². The fourth-order valence-electron chi connectivity index (χ4n) is 1.03. The Kier molecular flexibility index (Phi) is 3.19. The minimum Gasteiger partial charge on any atom is -0.135 e. The van der Waals surface area contributed by atoms with E-state index in [1.165, 1.54) is 18.4 Å². The summed E-state index contributed by atoms with van der Waals surface area (Å²) >= 11 is 1.66. The van der Waals surface area contributed by atoms with E-state index in [2.05, 4.69) is 24.3 Å². The highest BCUT2D eigenvalue weighted by molar-refractivity contribution is 7.10. The van der Waals surface area contributed by atoms with Crippen molar-refractivity contribution in [1.29, 1.82) is 0 Å². The van der Waals surface area contributed by atoms with E-state index in [0.29, 0.717) is 0 Å². The molecule has 11 heavy (non-hydrogen) atoms. The molecular formula is C10H12S. The van der Waals surface area contributed by atoms with E-state index >= 15 is 0 Å². The van der Waals surface area contributed by atoms with Crippen LogP contribution in [0.4, 0.5) is 0 Å². The quantitative estimate of drug-likeness (QED) is 0.602.